The highest BCUT2D eigenvalue weighted by Crippen LogP contribution is 2.47. The van der Waals surface area contributed by atoms with E-state index >= 15 is 0 Å². The van der Waals surface area contributed by atoms with Crippen LogP contribution < -0.4 is 15.3 Å². The lowest BCUT2D eigenvalue weighted by atomic mass is 9.87. The first-order chi connectivity index (χ1) is 22.2. The molecule has 0 radical (unpaired) electrons. The van der Waals surface area contributed by atoms with E-state index in [0.717, 1.165) is 18.4 Å². The third-order valence-corrected chi connectivity index (χ3v) is 10.0. The lowest BCUT2D eigenvalue weighted by Gasteiger charge is -2.28. The molecule has 1 fully saturated rings. The van der Waals surface area contributed by atoms with Gasteiger partial charge in [0, 0.05) is 13.3 Å². The van der Waals surface area contributed by atoms with Gasteiger partial charge in [0.2, 0.25) is 0 Å². The second kappa shape index (κ2) is 14.8. The van der Waals surface area contributed by atoms with Crippen molar-refractivity contribution in [1.82, 2.24) is 19.7 Å². The summed E-state index contributed by atoms with van der Waals surface area (Å²) in [5, 5.41) is 29.4. The minimum Gasteiger partial charge on any atom is -0.464 e. The summed E-state index contributed by atoms with van der Waals surface area (Å²) >= 11 is 0. The SMILES string of the molecule is CCC(CC)COC(=O)[C@H](C)NP(=O)(OC[C@H]1O[C@@](C=NC)(c2ccc3c(N)ncnn23)[C@H](O)[C@@H]1O)Oc1ccc(C(C)(C)C)cc1. The molecule has 1 unspecified atom stereocenters. The Bertz CT molecular complexity index is 1590. The van der Waals surface area contributed by atoms with Gasteiger partial charge in [0.05, 0.1) is 18.9 Å². The Morgan fingerprint density at radius 2 is 1.89 bits per heavy atom. The maximum absolute atomic E-state index is 14.3. The molecule has 258 valence electrons. The van der Waals surface area contributed by atoms with Crippen LogP contribution in [0.4, 0.5) is 5.82 Å². The van der Waals surface area contributed by atoms with Crippen molar-refractivity contribution in [2.24, 2.45) is 10.9 Å². The molecule has 1 aromatic carbocycles. The molecule has 0 saturated carbocycles. The molecule has 1 aliphatic rings. The van der Waals surface area contributed by atoms with Gasteiger partial charge in [-0.1, -0.05) is 59.6 Å². The molecular weight excluding hydrogens is 627 g/mol. The molecule has 5 N–H and O–H groups in total. The van der Waals surface area contributed by atoms with Gasteiger partial charge in [-0.15, -0.1) is 0 Å². The van der Waals surface area contributed by atoms with Crippen molar-refractivity contribution in [1.29, 1.82) is 0 Å². The number of nitrogen functional groups attached to an aromatic ring is 1. The molecule has 3 heterocycles. The smallest absolute Gasteiger partial charge is 0.459 e. The predicted octanol–water partition coefficient (Wildman–Crippen LogP) is 3.79. The summed E-state index contributed by atoms with van der Waals surface area (Å²) in [7, 11) is -2.84. The molecule has 0 amide bonds. The number of carbonyl (C=O) groups is 1. The maximum atomic E-state index is 14.3. The van der Waals surface area contributed by atoms with Crippen molar-refractivity contribution in [3.05, 3.63) is 54.0 Å². The van der Waals surface area contributed by atoms with Crippen LogP contribution in [-0.4, -0.2) is 81.6 Å². The van der Waals surface area contributed by atoms with Gasteiger partial charge in [0.1, 0.15) is 41.9 Å². The molecule has 6 atom stereocenters. The molecule has 3 aromatic rings. The number of aliphatic imine (C=N–C) groups is 1. The summed E-state index contributed by atoms with van der Waals surface area (Å²) in [6, 6.07) is 9.23. The van der Waals surface area contributed by atoms with E-state index in [1.807, 2.05) is 26.0 Å². The summed E-state index contributed by atoms with van der Waals surface area (Å²) in [5.74, 6) is 0.00466. The Morgan fingerprint density at radius 1 is 1.21 bits per heavy atom. The molecule has 47 heavy (non-hydrogen) atoms. The summed E-state index contributed by atoms with van der Waals surface area (Å²) in [6.45, 7) is 11.5. The molecule has 0 aliphatic carbocycles. The minimum absolute atomic E-state index is 0.127. The van der Waals surface area contributed by atoms with Crippen molar-refractivity contribution in [2.75, 3.05) is 26.0 Å². The lowest BCUT2D eigenvalue weighted by molar-refractivity contribution is -0.146. The molecule has 1 aliphatic heterocycles. The van der Waals surface area contributed by atoms with E-state index in [4.69, 9.17) is 24.3 Å². The number of aliphatic hydroxyl groups is 2. The Balaban J connectivity index is 1.59. The minimum atomic E-state index is -4.33. The quantitative estimate of drug-likeness (QED) is 0.110. The summed E-state index contributed by atoms with van der Waals surface area (Å²) in [6.07, 6.45) is 0.0348. The molecule has 2 aromatic heterocycles. The normalized spacial score (nSPS) is 23.7. The zero-order valence-electron chi connectivity index (χ0n) is 28.0. The number of ether oxygens (including phenoxy) is 2. The monoisotopic (exact) mass is 674 g/mol. The Hall–Kier alpha value is -3.39. The fourth-order valence-corrected chi connectivity index (χ4v) is 6.86. The molecule has 0 spiro atoms. The van der Waals surface area contributed by atoms with E-state index < -0.39 is 50.3 Å². The lowest BCUT2D eigenvalue weighted by Crippen LogP contribution is -2.43. The first-order valence-electron chi connectivity index (χ1n) is 15.7. The van der Waals surface area contributed by atoms with Gasteiger partial charge in [-0.2, -0.15) is 10.2 Å². The number of rotatable bonds is 14. The van der Waals surface area contributed by atoms with Gasteiger partial charge in [0.15, 0.2) is 11.4 Å². The number of nitrogens with zero attached hydrogens (tertiary/aromatic N) is 4. The standard InChI is InChI=1S/C32H47N6O8P/c1-8-21(9-2)16-43-30(41)20(3)37-47(42,46-23-12-10-22(11-13-23)31(4,5)6)44-17-25-27(39)28(40)32(45-25,18-34-7)26-15-14-24-29(33)35-19-36-38(24)26/h10-15,18-21,25,27-28,39-40H,8-9,16-17H2,1-7H3,(H,37,42)(H2,33,35,36)/t20-,25+,27+,28+,32-,47?/m0/s1. The van der Waals surface area contributed by atoms with E-state index in [2.05, 4.69) is 40.9 Å². The molecule has 4 rings (SSSR count). The second-order valence-corrected chi connectivity index (χ2v) is 14.4. The zero-order chi connectivity index (χ0) is 34.6. The number of carbonyl (C=O) groups excluding carboxylic acids is 1. The highest BCUT2D eigenvalue weighted by Gasteiger charge is 2.56. The van der Waals surface area contributed by atoms with Crippen LogP contribution in [0.3, 0.4) is 0 Å². The van der Waals surface area contributed by atoms with Crippen LogP contribution in [0, 0.1) is 5.92 Å². The summed E-state index contributed by atoms with van der Waals surface area (Å²) in [4.78, 5) is 21.0. The van der Waals surface area contributed by atoms with Crippen LogP contribution in [0.25, 0.3) is 5.52 Å². The molecule has 14 nitrogen and oxygen atoms in total. The van der Waals surface area contributed by atoms with Crippen LogP contribution in [0.2, 0.25) is 0 Å². The zero-order valence-corrected chi connectivity index (χ0v) is 28.9. The Kier molecular flexibility index (Phi) is 11.5. The largest absolute Gasteiger partial charge is 0.464 e. The Labute approximate surface area is 275 Å². The van der Waals surface area contributed by atoms with Crippen molar-refractivity contribution in [3.63, 3.8) is 0 Å². The first kappa shape index (κ1) is 36.4. The van der Waals surface area contributed by atoms with Crippen molar-refractivity contribution >= 4 is 31.3 Å². The van der Waals surface area contributed by atoms with E-state index in [1.54, 1.807) is 24.3 Å². The van der Waals surface area contributed by atoms with E-state index in [9.17, 15) is 19.6 Å². The van der Waals surface area contributed by atoms with Crippen LogP contribution in [0.5, 0.6) is 5.75 Å². The van der Waals surface area contributed by atoms with E-state index in [-0.39, 0.29) is 29.5 Å². The average molecular weight is 675 g/mol. The van der Waals surface area contributed by atoms with Gasteiger partial charge in [-0.3, -0.25) is 14.3 Å². The van der Waals surface area contributed by atoms with Gasteiger partial charge < -0.3 is 29.9 Å². The number of anilines is 1. The maximum Gasteiger partial charge on any atom is 0.459 e. The molecule has 0 bridgehead atoms. The van der Waals surface area contributed by atoms with E-state index in [1.165, 1.54) is 31.0 Å². The summed E-state index contributed by atoms with van der Waals surface area (Å²) < 4.78 is 39.2. The van der Waals surface area contributed by atoms with Gasteiger partial charge in [-0.25, -0.2) is 14.1 Å². The highest BCUT2D eigenvalue weighted by atomic mass is 31.2. The summed E-state index contributed by atoms with van der Waals surface area (Å²) in [5.41, 5.74) is 6.02. The van der Waals surface area contributed by atoms with Crippen molar-refractivity contribution in [3.8, 4) is 5.75 Å². The number of esters is 1. The number of aliphatic hydroxyl groups excluding tert-OH is 2. The molecule has 1 saturated heterocycles. The molecule has 15 heteroatoms. The molecular formula is C32H47N6O8P. The number of hydrogen-bond acceptors (Lipinski definition) is 12. The van der Waals surface area contributed by atoms with Gasteiger partial charge >= 0.3 is 13.7 Å². The Morgan fingerprint density at radius 3 is 2.51 bits per heavy atom. The van der Waals surface area contributed by atoms with E-state index in [0.29, 0.717) is 11.2 Å². The van der Waals surface area contributed by atoms with Crippen LogP contribution >= 0.6 is 7.75 Å². The van der Waals surface area contributed by atoms with Crippen molar-refractivity contribution < 1.29 is 38.1 Å². The highest BCUT2D eigenvalue weighted by molar-refractivity contribution is 7.52. The average Bonchev–Trinajstić information content (AvgIpc) is 3.57. The number of aromatic nitrogens is 3. The number of hydrogen-bond donors (Lipinski definition) is 4. The third kappa shape index (κ3) is 8.02. The van der Waals surface area contributed by atoms with Gasteiger partial charge in [-0.05, 0) is 48.1 Å². The van der Waals surface area contributed by atoms with Gasteiger partial charge in [0.25, 0.3) is 0 Å². The van der Waals surface area contributed by atoms with Crippen molar-refractivity contribution in [2.45, 2.75) is 89.8 Å². The number of benzene rings is 1. The predicted molar refractivity (Wildman–Crippen MR) is 177 cm³/mol. The first-order valence-corrected chi connectivity index (χ1v) is 17.3. The van der Waals surface area contributed by atoms with Crippen LogP contribution in [0.15, 0.2) is 47.7 Å². The number of nitrogens with two attached hydrogens (primary N) is 1. The van der Waals surface area contributed by atoms with Crippen LogP contribution in [-0.2, 0) is 34.4 Å². The topological polar surface area (TPSA) is 192 Å². The van der Waals surface area contributed by atoms with Crippen LogP contribution in [0.1, 0.15) is 65.6 Å². The third-order valence-electron chi connectivity index (χ3n) is 8.37. The second-order valence-electron chi connectivity index (χ2n) is 12.8. The fraction of sp³-hybridized carbons (Fsp3) is 0.562. The number of nitrogens with one attached hydrogen (secondary N) is 1. The number of fused-ring (bicyclic) bond motifs is 1. The fourth-order valence-electron chi connectivity index (χ4n) is 5.36.